The summed E-state index contributed by atoms with van der Waals surface area (Å²) in [4.78, 5) is 57.1. The fraction of sp³-hybridized carbons (Fsp3) is 0.279. The van der Waals surface area contributed by atoms with Crippen LogP contribution in [0, 0.1) is 11.6 Å². The number of rotatable bonds is 17. The molecule has 37 heteroatoms. The molecule has 3 aliphatic rings. The zero-order chi connectivity index (χ0) is 64.8. The van der Waals surface area contributed by atoms with Gasteiger partial charge in [0.05, 0.1) is 115 Å². The molecule has 0 aliphatic heterocycles. The molecule has 500 valence electrons. The van der Waals surface area contributed by atoms with Gasteiger partial charge in [-0.25, -0.2) is 52.5 Å². The Morgan fingerprint density at radius 2 is 0.969 bits per heavy atom. The number of Topliss-reactive ketones (excluding diaryl/α,β-unsaturated/α-hetero) is 1. The van der Waals surface area contributed by atoms with Crippen LogP contribution in [0.5, 0.6) is 0 Å². The Balaban J connectivity index is 0.000000171. The summed E-state index contributed by atoms with van der Waals surface area (Å²) in [5, 5.41) is 34.0. The van der Waals surface area contributed by atoms with Crippen molar-refractivity contribution in [3.05, 3.63) is 208 Å². The number of nitrogens with zero attached hydrogens (tertiary/aromatic N) is 19. The molecule has 13 aromatic rings. The molecule has 0 spiro atoms. The molecule has 3 fully saturated rings. The van der Waals surface area contributed by atoms with Crippen molar-refractivity contribution in [3.63, 3.8) is 0 Å². The number of pyridine rings is 5. The summed E-state index contributed by atoms with van der Waals surface area (Å²) in [5.74, 6) is -1.02. The van der Waals surface area contributed by atoms with E-state index in [1.165, 1.54) is 90.9 Å². The van der Waals surface area contributed by atoms with Crippen molar-refractivity contribution >= 4 is 129 Å². The van der Waals surface area contributed by atoms with Crippen molar-refractivity contribution in [3.8, 4) is 0 Å². The molecule has 5 N–H and O–H groups in total. The zero-order valence-corrected chi connectivity index (χ0v) is 59.5. The van der Waals surface area contributed by atoms with Crippen LogP contribution in [0.4, 0.5) is 8.78 Å². The van der Waals surface area contributed by atoms with Gasteiger partial charge in [-0.1, -0.05) is 38.8 Å². The second-order valence-electron chi connectivity index (χ2n) is 22.5. The number of aryl methyl sites for hydroxylation is 1. The predicted octanol–water partition coefficient (Wildman–Crippen LogP) is 3.65. The van der Waals surface area contributed by atoms with E-state index < -0.39 is 23.6 Å². The van der Waals surface area contributed by atoms with Gasteiger partial charge in [0, 0.05) is 62.5 Å². The number of carboxylic acids is 1. The van der Waals surface area contributed by atoms with E-state index in [4.69, 9.17) is 33.7 Å². The Hall–Kier alpha value is -7.28. The average Bonchev–Trinajstić information content (AvgIpc) is 1.65. The molecule has 3 saturated carbocycles. The van der Waals surface area contributed by atoms with Gasteiger partial charge in [0.15, 0.2) is 40.1 Å². The van der Waals surface area contributed by atoms with E-state index in [0.29, 0.717) is 60.9 Å². The molecule has 0 unspecified atom stereocenters. The molecule has 13 aromatic heterocycles. The minimum atomic E-state index is -1.34. The summed E-state index contributed by atoms with van der Waals surface area (Å²) >= 11 is 22.3. The van der Waals surface area contributed by atoms with E-state index in [9.17, 15) is 28.3 Å². The van der Waals surface area contributed by atoms with Crippen LogP contribution >= 0.6 is 83.4 Å². The number of hydrogen-bond donors (Lipinski definition) is 1. The Kier molecular flexibility index (Phi) is 25.6. The molecule has 3 aliphatic carbocycles. The maximum atomic E-state index is 14.4. The quantitative estimate of drug-likeness (QED) is 0.0772. The molecule has 0 amide bonds. The summed E-state index contributed by atoms with van der Waals surface area (Å²) in [5.41, 5.74) is 16.3. The van der Waals surface area contributed by atoms with Gasteiger partial charge in [-0.2, -0.15) is 0 Å². The first-order valence-corrected chi connectivity index (χ1v) is 32.5. The van der Waals surface area contributed by atoms with Crippen LogP contribution in [-0.2, 0) is 37.3 Å². The van der Waals surface area contributed by atoms with Crippen LogP contribution in [0.25, 0.3) is 28.0 Å². The molecule has 13 heterocycles. The molecule has 27 nitrogen and oxygen atoms in total. The van der Waals surface area contributed by atoms with Gasteiger partial charge >= 0.3 is 43.7 Å². The van der Waals surface area contributed by atoms with Gasteiger partial charge in [-0.3, -0.25) is 4.79 Å². The maximum Gasteiger partial charge on any atom is 1.00 e. The molecular formula is C61H56Br3Cl3F2Li2N20O7. The van der Waals surface area contributed by atoms with E-state index >= 15 is 0 Å². The Bertz CT molecular complexity index is 5030. The van der Waals surface area contributed by atoms with Crippen molar-refractivity contribution in [2.45, 2.75) is 102 Å². The first kappa shape index (κ1) is 76.5. The number of carboxylic acid groups (broad SMARTS) is 1. The number of fused-ring (bicyclic) bond motifs is 5. The molecule has 0 atom stereocenters. The third-order valence-corrected chi connectivity index (χ3v) is 17.9. The zero-order valence-electron chi connectivity index (χ0n) is 52.4. The van der Waals surface area contributed by atoms with Crippen LogP contribution in [-0.4, -0.2) is 127 Å². The topological polar surface area (TPSA) is 350 Å². The van der Waals surface area contributed by atoms with Crippen molar-refractivity contribution in [2.75, 3.05) is 6.61 Å². The monoisotopic (exact) mass is 1570 g/mol. The van der Waals surface area contributed by atoms with Crippen LogP contribution < -0.4 is 48.6 Å². The minimum Gasteiger partial charge on any atom is -0.870 e. The number of hydrogen-bond acceptors (Lipinski definition) is 18. The van der Waals surface area contributed by atoms with Gasteiger partial charge in [0.2, 0.25) is 0 Å². The van der Waals surface area contributed by atoms with Crippen molar-refractivity contribution in [1.82, 2.24) is 91.9 Å². The standard InChI is InChI=1S/C23H18BrClFN7O.C16H16BrN5O2.C14H12BrN5O2.C8H7ClFN3.ClH.2Li.2H2O/c24-16-7-14(13-1-2-13)8-32-9-15(28-23(16)32)10-33-11-19(29-30-33)20(34)4-3-18-22-21(26)17(25)5-6-31(22)12-27-18;1-2-24-16(23)14-9-22(20-19-14)8-12-7-21-6-11(10-3-4-10)5-13(17)15(21)18-12;15-11-3-9(8-1-2-8)4-19-5-10(16-13(11)19)6-20-7-12(14(21)22)17-18-20;9-5-1-2-13-4-12-6(3-11)8(13)7(5)10;;;;;/h5-9,11-13H,1-4,10H2;5-7,9-10H,2-4,8H2,1H3;3-5,7-8H,1-2,6H2,(H,21,22);1-2,4H,3,11H2;1H;;;2*1H2/q;;;;;2*+1;;/p-2. The first-order chi connectivity index (χ1) is 44.9. The van der Waals surface area contributed by atoms with E-state index in [0.717, 1.165) is 47.4 Å². The summed E-state index contributed by atoms with van der Waals surface area (Å²) < 4.78 is 49.4. The van der Waals surface area contributed by atoms with Crippen molar-refractivity contribution in [1.29, 1.82) is 0 Å². The fourth-order valence-electron chi connectivity index (χ4n) is 10.5. The van der Waals surface area contributed by atoms with E-state index in [-0.39, 0.29) is 119 Å². The van der Waals surface area contributed by atoms with Gasteiger partial charge < -0.3 is 53.3 Å². The largest absolute Gasteiger partial charge is 1.00 e. The van der Waals surface area contributed by atoms with Crippen molar-refractivity contribution in [2.24, 2.45) is 5.73 Å². The number of aromatic nitrogens is 19. The molecule has 0 aromatic carbocycles. The number of ether oxygens (including phenoxy) is 1. The SMILES string of the molecule is CCOC(=O)c1cn(Cc2cn3cc(C4CC4)cc(Br)c3n2)nn1.Cl.NCc1ncn2ccc(Cl)c(F)c12.O.O=C(CCc1ncn2ccc(Cl)c(F)c12)c1cn(Cc2cn3cc(C4CC4)cc(Br)c3n2)nn1.O=C([O-])c1cn(Cc2cn3cc(C4CC4)cc(Br)c3n2)nn1.[Li+].[Li+].[OH-]. The Morgan fingerprint density at radius 1 is 0.592 bits per heavy atom. The number of carbonyl (C=O) groups is 3. The van der Waals surface area contributed by atoms with Crippen LogP contribution in [0.2, 0.25) is 10.0 Å². The number of aromatic carboxylic acids is 1. The third-order valence-electron chi connectivity index (χ3n) is 15.6. The molecule has 16 rings (SSSR count). The van der Waals surface area contributed by atoms with Gasteiger partial charge in [0.1, 0.15) is 22.4 Å². The summed E-state index contributed by atoms with van der Waals surface area (Å²) in [6.45, 7) is 3.46. The molecule has 98 heavy (non-hydrogen) atoms. The number of carbonyl (C=O) groups excluding carboxylic acids is 3. The summed E-state index contributed by atoms with van der Waals surface area (Å²) in [6, 6.07) is 9.35. The minimum absolute atomic E-state index is 0. The predicted molar refractivity (Wildman–Crippen MR) is 356 cm³/mol. The van der Waals surface area contributed by atoms with Gasteiger partial charge in [-0.15, -0.1) is 27.7 Å². The number of nitrogens with two attached hydrogens (primary N) is 1. The fourth-order valence-corrected chi connectivity index (χ4v) is 12.5. The van der Waals surface area contributed by atoms with Crippen molar-refractivity contribution < 1.29 is 81.7 Å². The molecular weight excluding hydrogens is 1520 g/mol. The number of halogens is 8. The smallest absolute Gasteiger partial charge is 0.870 e. The Morgan fingerprint density at radius 3 is 1.36 bits per heavy atom. The third kappa shape index (κ3) is 17.3. The van der Waals surface area contributed by atoms with E-state index in [2.05, 4.69) is 140 Å². The average molecular weight is 1580 g/mol. The maximum absolute atomic E-state index is 14.4. The Labute approximate surface area is 620 Å². The number of ketones is 1. The number of esters is 1. The normalized spacial score (nSPS) is 13.0. The summed E-state index contributed by atoms with van der Waals surface area (Å²) in [7, 11) is 0. The van der Waals surface area contributed by atoms with E-state index in [1.54, 1.807) is 49.9 Å². The molecule has 0 radical (unpaired) electrons. The summed E-state index contributed by atoms with van der Waals surface area (Å²) in [6.07, 6.45) is 30.9. The second kappa shape index (κ2) is 32.8. The first-order valence-electron chi connectivity index (χ1n) is 29.4. The molecule has 0 bridgehead atoms. The second-order valence-corrected chi connectivity index (χ2v) is 25.8. The van der Waals surface area contributed by atoms with E-state index in [1.807, 2.05) is 31.8 Å². The van der Waals surface area contributed by atoms with Gasteiger partial charge in [-0.05, 0) is 164 Å². The van der Waals surface area contributed by atoms with Crippen LogP contribution in [0.3, 0.4) is 0 Å². The van der Waals surface area contributed by atoms with Crippen LogP contribution in [0.15, 0.2) is 125 Å². The van der Waals surface area contributed by atoms with Gasteiger partial charge in [0.25, 0.3) is 0 Å². The molecule has 0 saturated heterocycles. The van der Waals surface area contributed by atoms with Crippen LogP contribution in [0.1, 0.15) is 146 Å². The number of imidazole rings is 5.